The first-order chi connectivity index (χ1) is 9.88. The third-order valence-corrected chi connectivity index (χ3v) is 3.54. The van der Waals surface area contributed by atoms with Crippen LogP contribution in [0.3, 0.4) is 0 Å². The molecule has 0 amide bonds. The van der Waals surface area contributed by atoms with Crippen molar-refractivity contribution in [1.29, 1.82) is 0 Å². The van der Waals surface area contributed by atoms with Gasteiger partial charge in [-0.25, -0.2) is 0 Å². The molecule has 4 nitrogen and oxygen atoms in total. The van der Waals surface area contributed by atoms with E-state index in [1.165, 1.54) is 0 Å². The third-order valence-electron chi connectivity index (χ3n) is 3.54. The van der Waals surface area contributed by atoms with E-state index in [0.717, 1.165) is 63.6 Å². The van der Waals surface area contributed by atoms with Gasteiger partial charge < -0.3 is 14.8 Å². The summed E-state index contributed by atoms with van der Waals surface area (Å²) in [5.41, 5.74) is 2.11. The molecule has 0 aliphatic carbocycles. The van der Waals surface area contributed by atoms with Crippen LogP contribution in [0.1, 0.15) is 37.6 Å². The molecule has 0 unspecified atom stereocenters. The summed E-state index contributed by atoms with van der Waals surface area (Å²) >= 11 is 0. The quantitative estimate of drug-likeness (QED) is 0.742. The lowest BCUT2D eigenvalue weighted by molar-refractivity contribution is 0.0150. The van der Waals surface area contributed by atoms with Gasteiger partial charge in [0.05, 0.1) is 24.6 Å². The van der Waals surface area contributed by atoms with Crippen molar-refractivity contribution in [3.63, 3.8) is 0 Å². The lowest BCUT2D eigenvalue weighted by Crippen LogP contribution is -2.20. The van der Waals surface area contributed by atoms with Crippen LogP contribution in [0.25, 0.3) is 0 Å². The van der Waals surface area contributed by atoms with E-state index in [1.54, 1.807) is 0 Å². The highest BCUT2D eigenvalue weighted by molar-refractivity contribution is 5.10. The maximum Gasteiger partial charge on any atom is 0.0888 e. The topological polar surface area (TPSA) is 43.4 Å². The highest BCUT2D eigenvalue weighted by Gasteiger charge is 2.13. The first kappa shape index (κ1) is 15.4. The van der Waals surface area contributed by atoms with Gasteiger partial charge in [0.15, 0.2) is 0 Å². The normalized spacial score (nSPS) is 16.4. The van der Waals surface area contributed by atoms with Crippen LogP contribution in [0.5, 0.6) is 0 Å². The van der Waals surface area contributed by atoms with Gasteiger partial charge in [0.25, 0.3) is 0 Å². The minimum Gasteiger partial charge on any atom is -0.381 e. The molecular formula is C16H26N2O2. The molecule has 0 saturated carbocycles. The van der Waals surface area contributed by atoms with Crippen molar-refractivity contribution in [1.82, 2.24) is 10.3 Å². The van der Waals surface area contributed by atoms with Gasteiger partial charge in [0, 0.05) is 19.8 Å². The van der Waals surface area contributed by atoms with Crippen molar-refractivity contribution < 1.29 is 9.47 Å². The molecule has 0 radical (unpaired) electrons. The molecule has 2 heterocycles. The monoisotopic (exact) mass is 278 g/mol. The summed E-state index contributed by atoms with van der Waals surface area (Å²) in [5.74, 6) is 0.651. The lowest BCUT2D eigenvalue weighted by atomic mass is 10.0. The van der Waals surface area contributed by atoms with Gasteiger partial charge in [-0.2, -0.15) is 0 Å². The maximum atomic E-state index is 5.80. The van der Waals surface area contributed by atoms with Gasteiger partial charge in [-0.15, -0.1) is 0 Å². The van der Waals surface area contributed by atoms with E-state index in [2.05, 4.69) is 29.4 Å². The van der Waals surface area contributed by atoms with Gasteiger partial charge in [-0.05, 0) is 43.9 Å². The lowest BCUT2D eigenvalue weighted by Gasteiger charge is -2.21. The smallest absolute Gasteiger partial charge is 0.0888 e. The average Bonchev–Trinajstić information content (AvgIpc) is 2.49. The van der Waals surface area contributed by atoms with Crippen molar-refractivity contribution in [3.05, 3.63) is 29.6 Å². The standard InChI is InChI=1S/C16H26N2O2/c1-2-8-17-11-15-4-3-5-16(18-15)13-20-12-14-6-9-19-10-7-14/h3-5,14,17H,2,6-13H2,1H3. The van der Waals surface area contributed by atoms with E-state index in [-0.39, 0.29) is 0 Å². The predicted octanol–water partition coefficient (Wildman–Crippen LogP) is 2.52. The second kappa shape index (κ2) is 9.06. The largest absolute Gasteiger partial charge is 0.381 e. The fraction of sp³-hybridized carbons (Fsp3) is 0.688. The van der Waals surface area contributed by atoms with Crippen LogP contribution in [0.2, 0.25) is 0 Å². The van der Waals surface area contributed by atoms with Gasteiger partial charge in [0.2, 0.25) is 0 Å². The average molecular weight is 278 g/mol. The van der Waals surface area contributed by atoms with Crippen LogP contribution in [-0.4, -0.2) is 31.3 Å². The van der Waals surface area contributed by atoms with Crippen molar-refractivity contribution in [2.24, 2.45) is 5.92 Å². The van der Waals surface area contributed by atoms with Crippen molar-refractivity contribution in [2.75, 3.05) is 26.4 Å². The first-order valence-electron chi connectivity index (χ1n) is 7.69. The predicted molar refractivity (Wildman–Crippen MR) is 79.4 cm³/mol. The molecule has 1 saturated heterocycles. The molecule has 0 aromatic carbocycles. The number of nitrogens with zero attached hydrogens (tertiary/aromatic N) is 1. The Balaban J connectivity index is 1.70. The Morgan fingerprint density at radius 2 is 2.10 bits per heavy atom. The Morgan fingerprint density at radius 3 is 2.90 bits per heavy atom. The zero-order chi connectivity index (χ0) is 14.0. The highest BCUT2D eigenvalue weighted by Crippen LogP contribution is 2.15. The molecule has 0 spiro atoms. The van der Waals surface area contributed by atoms with Crippen LogP contribution >= 0.6 is 0 Å². The van der Waals surface area contributed by atoms with Gasteiger partial charge in [0.1, 0.15) is 0 Å². The Hall–Kier alpha value is -0.970. The summed E-state index contributed by atoms with van der Waals surface area (Å²) < 4.78 is 11.2. The van der Waals surface area contributed by atoms with E-state index in [1.807, 2.05) is 6.07 Å². The fourth-order valence-corrected chi connectivity index (χ4v) is 2.34. The van der Waals surface area contributed by atoms with Gasteiger partial charge >= 0.3 is 0 Å². The molecule has 1 fully saturated rings. The number of pyridine rings is 1. The molecule has 1 aliphatic heterocycles. The Labute approximate surface area is 121 Å². The zero-order valence-corrected chi connectivity index (χ0v) is 12.4. The van der Waals surface area contributed by atoms with Crippen LogP contribution in [0, 0.1) is 5.92 Å². The van der Waals surface area contributed by atoms with Crippen LogP contribution in [0.15, 0.2) is 18.2 Å². The number of nitrogens with one attached hydrogen (secondary N) is 1. The van der Waals surface area contributed by atoms with Gasteiger partial charge in [-0.1, -0.05) is 13.0 Å². The molecule has 20 heavy (non-hydrogen) atoms. The highest BCUT2D eigenvalue weighted by atomic mass is 16.5. The van der Waals surface area contributed by atoms with Crippen LogP contribution in [-0.2, 0) is 22.6 Å². The molecule has 1 aromatic rings. The second-order valence-corrected chi connectivity index (χ2v) is 5.37. The van der Waals surface area contributed by atoms with Crippen molar-refractivity contribution in [2.45, 2.75) is 39.3 Å². The van der Waals surface area contributed by atoms with E-state index in [4.69, 9.17) is 9.47 Å². The molecule has 2 rings (SSSR count). The minimum atomic E-state index is 0.610. The maximum absolute atomic E-state index is 5.80. The van der Waals surface area contributed by atoms with E-state index in [9.17, 15) is 0 Å². The number of ether oxygens (including phenoxy) is 2. The Morgan fingerprint density at radius 1 is 1.30 bits per heavy atom. The molecular weight excluding hydrogens is 252 g/mol. The summed E-state index contributed by atoms with van der Waals surface area (Å²) in [6.45, 7) is 7.23. The number of hydrogen-bond acceptors (Lipinski definition) is 4. The Kier molecular flexibility index (Phi) is 6.98. The van der Waals surface area contributed by atoms with E-state index < -0.39 is 0 Å². The summed E-state index contributed by atoms with van der Waals surface area (Å²) in [6, 6.07) is 6.15. The SMILES string of the molecule is CCCNCc1cccc(COCC2CCOCC2)n1. The summed E-state index contributed by atoms with van der Waals surface area (Å²) in [5, 5.41) is 3.37. The first-order valence-corrected chi connectivity index (χ1v) is 7.69. The van der Waals surface area contributed by atoms with Crippen LogP contribution < -0.4 is 5.32 Å². The van der Waals surface area contributed by atoms with E-state index in [0.29, 0.717) is 12.5 Å². The summed E-state index contributed by atoms with van der Waals surface area (Å²) in [6.07, 6.45) is 3.39. The van der Waals surface area contributed by atoms with Crippen molar-refractivity contribution in [3.8, 4) is 0 Å². The third kappa shape index (κ3) is 5.57. The number of rotatable bonds is 8. The summed E-state index contributed by atoms with van der Waals surface area (Å²) in [4.78, 5) is 4.62. The molecule has 1 aliphatic rings. The van der Waals surface area contributed by atoms with Crippen molar-refractivity contribution >= 4 is 0 Å². The molecule has 112 valence electrons. The minimum absolute atomic E-state index is 0.610. The van der Waals surface area contributed by atoms with Crippen LogP contribution in [0.4, 0.5) is 0 Å². The molecule has 4 heteroatoms. The molecule has 0 bridgehead atoms. The Bertz CT molecular complexity index is 378. The number of aromatic nitrogens is 1. The second-order valence-electron chi connectivity index (χ2n) is 5.37. The molecule has 1 aromatic heterocycles. The molecule has 0 atom stereocenters. The van der Waals surface area contributed by atoms with E-state index >= 15 is 0 Å². The number of hydrogen-bond donors (Lipinski definition) is 1. The molecule has 1 N–H and O–H groups in total. The fourth-order valence-electron chi connectivity index (χ4n) is 2.34. The van der Waals surface area contributed by atoms with Gasteiger partial charge in [-0.3, -0.25) is 4.98 Å². The zero-order valence-electron chi connectivity index (χ0n) is 12.4. The summed E-state index contributed by atoms with van der Waals surface area (Å²) in [7, 11) is 0.